The van der Waals surface area contributed by atoms with E-state index in [2.05, 4.69) is 9.97 Å². The third-order valence-corrected chi connectivity index (χ3v) is 3.56. The minimum atomic E-state index is -0.797. The van der Waals surface area contributed by atoms with Crippen molar-refractivity contribution in [2.45, 2.75) is 19.4 Å². The Morgan fingerprint density at radius 1 is 1.19 bits per heavy atom. The minimum Gasteiger partial charge on any atom is -0.417 e. The lowest BCUT2D eigenvalue weighted by Crippen LogP contribution is -2.20. The Labute approximate surface area is 116 Å². The molecule has 0 fully saturated rings. The first kappa shape index (κ1) is 12.2. The third kappa shape index (κ3) is 1.70. The second-order valence-corrected chi connectivity index (χ2v) is 4.86. The molecule has 1 aromatic carbocycles. The average molecular weight is 289 g/mol. The monoisotopic (exact) mass is 289 g/mol. The zero-order valence-corrected chi connectivity index (χ0v) is 10.8. The van der Waals surface area contributed by atoms with Gasteiger partial charge in [0.25, 0.3) is 11.3 Å². The molecule has 7 heteroatoms. The molecule has 2 aromatic heterocycles. The normalized spacial score (nSPS) is 13.8. The molecule has 0 amide bonds. The van der Waals surface area contributed by atoms with Gasteiger partial charge in [-0.1, -0.05) is 6.07 Å². The largest absolute Gasteiger partial charge is 0.417 e. The molecule has 4 rings (SSSR count). The predicted octanol–water partition coefficient (Wildman–Crippen LogP) is 2.28. The number of benzene rings is 1. The van der Waals surface area contributed by atoms with Crippen LogP contribution in [0.3, 0.4) is 0 Å². The van der Waals surface area contributed by atoms with Gasteiger partial charge in [0.1, 0.15) is 23.0 Å². The molecule has 0 unspecified atom stereocenters. The molecule has 5 nitrogen and oxygen atoms in total. The van der Waals surface area contributed by atoms with Crippen molar-refractivity contribution >= 4 is 11.2 Å². The zero-order chi connectivity index (χ0) is 14.6. The Bertz CT molecular complexity index is 910. The second-order valence-electron chi connectivity index (χ2n) is 4.86. The molecule has 1 aliphatic rings. The summed E-state index contributed by atoms with van der Waals surface area (Å²) in [7, 11) is 0. The van der Waals surface area contributed by atoms with Crippen molar-refractivity contribution in [1.82, 2.24) is 14.5 Å². The lowest BCUT2D eigenvalue weighted by molar-refractivity contribution is 0.556. The fourth-order valence-electron chi connectivity index (χ4n) is 2.58. The van der Waals surface area contributed by atoms with Gasteiger partial charge in [-0.15, -0.1) is 0 Å². The third-order valence-electron chi connectivity index (χ3n) is 3.56. The van der Waals surface area contributed by atoms with Gasteiger partial charge in [0, 0.05) is 13.0 Å². The molecule has 0 saturated carbocycles. The van der Waals surface area contributed by atoms with Crippen LogP contribution >= 0.6 is 0 Å². The van der Waals surface area contributed by atoms with Gasteiger partial charge in [-0.2, -0.15) is 4.98 Å². The molecule has 21 heavy (non-hydrogen) atoms. The molecule has 0 radical (unpaired) electrons. The quantitative estimate of drug-likeness (QED) is 0.689. The molecule has 0 saturated heterocycles. The maximum atomic E-state index is 13.8. The maximum absolute atomic E-state index is 13.8. The molecular formula is C14H9F2N3O2. The van der Waals surface area contributed by atoms with E-state index in [1.807, 2.05) is 0 Å². The summed E-state index contributed by atoms with van der Waals surface area (Å²) in [4.78, 5) is 20.4. The number of aromatic nitrogens is 3. The number of nitrogens with zero attached hydrogens (tertiary/aromatic N) is 3. The molecule has 1 aliphatic heterocycles. The Morgan fingerprint density at radius 2 is 1.95 bits per heavy atom. The Kier molecular flexibility index (Phi) is 2.44. The van der Waals surface area contributed by atoms with Gasteiger partial charge < -0.3 is 4.42 Å². The topological polar surface area (TPSA) is 60.9 Å². The standard InChI is InChI=1S/C14H9F2N3O2/c15-7-3-1-4-8(16)10(7)12-18-11-13(21-12)17-9-5-2-6-19(9)14(11)20/h1,3-4H,2,5-6H2. The summed E-state index contributed by atoms with van der Waals surface area (Å²) in [5.41, 5.74) is -0.705. The lowest BCUT2D eigenvalue weighted by Gasteiger charge is -1.98. The number of hydrogen-bond acceptors (Lipinski definition) is 4. The summed E-state index contributed by atoms with van der Waals surface area (Å²) < 4.78 is 34.3. The van der Waals surface area contributed by atoms with Crippen LogP contribution < -0.4 is 5.56 Å². The Balaban J connectivity index is 2.01. The smallest absolute Gasteiger partial charge is 0.283 e. The predicted molar refractivity (Wildman–Crippen MR) is 69.7 cm³/mol. The van der Waals surface area contributed by atoms with Crippen molar-refractivity contribution in [1.29, 1.82) is 0 Å². The molecule has 3 heterocycles. The van der Waals surface area contributed by atoms with E-state index in [4.69, 9.17) is 4.42 Å². The van der Waals surface area contributed by atoms with Crippen molar-refractivity contribution in [2.24, 2.45) is 0 Å². The SMILES string of the molecule is O=c1c2nc(-c3c(F)cccc3F)oc2nc2n1CCC2. The van der Waals surface area contributed by atoms with Crippen LogP contribution in [0.4, 0.5) is 8.78 Å². The number of hydrogen-bond donors (Lipinski definition) is 0. The van der Waals surface area contributed by atoms with E-state index in [1.54, 1.807) is 0 Å². The summed E-state index contributed by atoms with van der Waals surface area (Å²) in [6, 6.07) is 3.46. The first-order valence-corrected chi connectivity index (χ1v) is 6.50. The van der Waals surface area contributed by atoms with Crippen LogP contribution in [0.5, 0.6) is 0 Å². The second kappa shape index (κ2) is 4.21. The molecule has 3 aromatic rings. The highest BCUT2D eigenvalue weighted by Gasteiger charge is 2.23. The maximum Gasteiger partial charge on any atom is 0.283 e. The summed E-state index contributed by atoms with van der Waals surface area (Å²) in [5.74, 6) is -1.25. The van der Waals surface area contributed by atoms with E-state index in [1.165, 1.54) is 10.6 Å². The summed E-state index contributed by atoms with van der Waals surface area (Å²) in [6.07, 6.45) is 1.51. The van der Waals surface area contributed by atoms with E-state index in [0.29, 0.717) is 18.8 Å². The van der Waals surface area contributed by atoms with Gasteiger partial charge in [0.2, 0.25) is 5.89 Å². The van der Waals surface area contributed by atoms with Crippen molar-refractivity contribution in [3.63, 3.8) is 0 Å². The van der Waals surface area contributed by atoms with Crippen LogP contribution in [0.2, 0.25) is 0 Å². The number of fused-ring (bicyclic) bond motifs is 2. The number of aryl methyl sites for hydroxylation is 1. The van der Waals surface area contributed by atoms with Crippen LogP contribution in [0.1, 0.15) is 12.2 Å². The van der Waals surface area contributed by atoms with Gasteiger partial charge in [-0.05, 0) is 18.6 Å². The first-order chi connectivity index (χ1) is 10.1. The van der Waals surface area contributed by atoms with Crippen molar-refractivity contribution in [3.8, 4) is 11.5 Å². The van der Waals surface area contributed by atoms with Crippen LogP contribution in [0, 0.1) is 11.6 Å². The van der Waals surface area contributed by atoms with Gasteiger partial charge in [0.15, 0.2) is 5.52 Å². The molecule has 0 atom stereocenters. The van der Waals surface area contributed by atoms with E-state index >= 15 is 0 Å². The lowest BCUT2D eigenvalue weighted by atomic mass is 10.2. The van der Waals surface area contributed by atoms with Crippen LogP contribution in [0.15, 0.2) is 27.4 Å². The minimum absolute atomic E-state index is 0.00157. The number of oxazole rings is 1. The highest BCUT2D eigenvalue weighted by Crippen LogP contribution is 2.27. The summed E-state index contributed by atoms with van der Waals surface area (Å²) >= 11 is 0. The van der Waals surface area contributed by atoms with Gasteiger partial charge >= 0.3 is 0 Å². The van der Waals surface area contributed by atoms with E-state index in [-0.39, 0.29) is 28.2 Å². The highest BCUT2D eigenvalue weighted by molar-refractivity contribution is 5.72. The molecule has 0 aliphatic carbocycles. The zero-order valence-electron chi connectivity index (χ0n) is 10.8. The van der Waals surface area contributed by atoms with E-state index in [0.717, 1.165) is 18.6 Å². The molecule has 0 N–H and O–H groups in total. The molecule has 0 spiro atoms. The average Bonchev–Trinajstić information content (AvgIpc) is 3.05. The van der Waals surface area contributed by atoms with Crippen molar-refractivity contribution in [3.05, 3.63) is 46.0 Å². The van der Waals surface area contributed by atoms with Gasteiger partial charge in [-0.3, -0.25) is 9.36 Å². The van der Waals surface area contributed by atoms with Crippen molar-refractivity contribution in [2.75, 3.05) is 0 Å². The number of rotatable bonds is 1. The van der Waals surface area contributed by atoms with Gasteiger partial charge in [0.05, 0.1) is 0 Å². The van der Waals surface area contributed by atoms with Crippen LogP contribution in [-0.4, -0.2) is 14.5 Å². The van der Waals surface area contributed by atoms with Crippen molar-refractivity contribution < 1.29 is 13.2 Å². The molecule has 0 bridgehead atoms. The fourth-order valence-corrected chi connectivity index (χ4v) is 2.58. The van der Waals surface area contributed by atoms with Crippen LogP contribution in [-0.2, 0) is 13.0 Å². The Morgan fingerprint density at radius 3 is 2.71 bits per heavy atom. The molecular weight excluding hydrogens is 280 g/mol. The van der Waals surface area contributed by atoms with Crippen LogP contribution in [0.25, 0.3) is 22.7 Å². The van der Waals surface area contributed by atoms with Gasteiger partial charge in [-0.25, -0.2) is 13.8 Å². The Hall–Kier alpha value is -2.57. The summed E-state index contributed by atoms with van der Waals surface area (Å²) in [5, 5.41) is 0. The highest BCUT2D eigenvalue weighted by atomic mass is 19.1. The number of halogens is 2. The molecule has 106 valence electrons. The van der Waals surface area contributed by atoms with E-state index in [9.17, 15) is 13.6 Å². The fraction of sp³-hybridized carbons (Fsp3) is 0.214. The summed E-state index contributed by atoms with van der Waals surface area (Å²) in [6.45, 7) is 0.577. The first-order valence-electron chi connectivity index (χ1n) is 6.50. The van der Waals surface area contributed by atoms with E-state index < -0.39 is 11.6 Å².